The molecule has 1 heterocycles. The highest BCUT2D eigenvalue weighted by molar-refractivity contribution is 7.99. The first-order chi connectivity index (χ1) is 8.63. The summed E-state index contributed by atoms with van der Waals surface area (Å²) in [5, 5.41) is 4.14. The van der Waals surface area contributed by atoms with Crippen molar-refractivity contribution in [2.24, 2.45) is 5.92 Å². The molecular formula is C14H26N2OS. The fourth-order valence-electron chi connectivity index (χ4n) is 3.15. The van der Waals surface area contributed by atoms with E-state index in [9.17, 15) is 4.79 Å². The minimum absolute atomic E-state index is 0.0141. The number of thioether (sulfide) groups is 1. The predicted octanol–water partition coefficient (Wildman–Crippen LogP) is 2.46. The topological polar surface area (TPSA) is 32.3 Å². The number of amides is 1. The molecule has 0 aromatic heterocycles. The van der Waals surface area contributed by atoms with Crippen molar-refractivity contribution in [2.45, 2.75) is 63.4 Å². The highest BCUT2D eigenvalue weighted by atomic mass is 32.2. The molecule has 1 N–H and O–H groups in total. The molecule has 4 heteroatoms. The van der Waals surface area contributed by atoms with Gasteiger partial charge in [0.25, 0.3) is 0 Å². The zero-order valence-electron chi connectivity index (χ0n) is 11.8. The largest absolute Gasteiger partial charge is 0.325 e. The highest BCUT2D eigenvalue weighted by Crippen LogP contribution is 2.32. The molecule has 3 nitrogen and oxygen atoms in total. The number of carbonyl (C=O) groups is 1. The lowest BCUT2D eigenvalue weighted by Gasteiger charge is -2.29. The summed E-state index contributed by atoms with van der Waals surface area (Å²) in [5.74, 6) is 0.990. The SMILES string of the molecule is CSC(C)CCN1C(=O)C(C)NC1C1CCCC1. The number of nitrogens with one attached hydrogen (secondary N) is 1. The zero-order chi connectivity index (χ0) is 13.1. The lowest BCUT2D eigenvalue weighted by atomic mass is 10.0. The van der Waals surface area contributed by atoms with Crippen molar-refractivity contribution in [3.05, 3.63) is 0 Å². The van der Waals surface area contributed by atoms with Gasteiger partial charge < -0.3 is 4.90 Å². The molecule has 3 atom stereocenters. The molecule has 0 aromatic rings. The number of hydrogen-bond acceptors (Lipinski definition) is 3. The molecule has 1 aliphatic heterocycles. The van der Waals surface area contributed by atoms with E-state index in [1.165, 1.54) is 25.7 Å². The minimum atomic E-state index is 0.0141. The van der Waals surface area contributed by atoms with Gasteiger partial charge in [0.1, 0.15) is 0 Å². The van der Waals surface area contributed by atoms with Crippen LogP contribution in [0.4, 0.5) is 0 Å². The van der Waals surface area contributed by atoms with E-state index in [0.717, 1.165) is 13.0 Å². The van der Waals surface area contributed by atoms with Crippen LogP contribution in [0.2, 0.25) is 0 Å². The molecule has 0 spiro atoms. The van der Waals surface area contributed by atoms with Gasteiger partial charge in [-0.1, -0.05) is 19.8 Å². The maximum atomic E-state index is 12.2. The Kier molecular flexibility index (Phi) is 4.96. The molecule has 0 aromatic carbocycles. The van der Waals surface area contributed by atoms with Gasteiger partial charge in [-0.3, -0.25) is 10.1 Å². The fraction of sp³-hybridized carbons (Fsp3) is 0.929. The Hall–Kier alpha value is -0.220. The first-order valence-electron chi connectivity index (χ1n) is 7.22. The lowest BCUT2D eigenvalue weighted by molar-refractivity contribution is -0.130. The molecule has 2 rings (SSSR count). The van der Waals surface area contributed by atoms with E-state index in [2.05, 4.69) is 23.4 Å². The molecule has 1 amide bonds. The van der Waals surface area contributed by atoms with Crippen LogP contribution < -0.4 is 5.32 Å². The van der Waals surface area contributed by atoms with Crippen LogP contribution >= 0.6 is 11.8 Å². The van der Waals surface area contributed by atoms with Gasteiger partial charge in [0.15, 0.2) is 0 Å². The van der Waals surface area contributed by atoms with E-state index in [1.807, 2.05) is 18.7 Å². The van der Waals surface area contributed by atoms with E-state index in [4.69, 9.17) is 0 Å². The maximum Gasteiger partial charge on any atom is 0.240 e. The summed E-state index contributed by atoms with van der Waals surface area (Å²) >= 11 is 1.89. The monoisotopic (exact) mass is 270 g/mol. The van der Waals surface area contributed by atoms with Gasteiger partial charge in [-0.25, -0.2) is 0 Å². The zero-order valence-corrected chi connectivity index (χ0v) is 12.6. The normalized spacial score (nSPS) is 31.3. The van der Waals surface area contributed by atoms with E-state index in [1.54, 1.807) is 0 Å². The summed E-state index contributed by atoms with van der Waals surface area (Å²) in [7, 11) is 0. The standard InChI is InChI=1S/C14H26N2OS/c1-10(18-3)8-9-16-13(12-6-4-5-7-12)15-11(2)14(16)17/h10-13,15H,4-9H2,1-3H3. The second-order valence-electron chi connectivity index (χ2n) is 5.74. The van der Waals surface area contributed by atoms with Gasteiger partial charge in [-0.2, -0.15) is 11.8 Å². The number of nitrogens with zero attached hydrogens (tertiary/aromatic N) is 1. The molecule has 0 bridgehead atoms. The second kappa shape index (κ2) is 6.29. The van der Waals surface area contributed by atoms with E-state index in [-0.39, 0.29) is 6.04 Å². The van der Waals surface area contributed by atoms with Crippen molar-refractivity contribution in [1.82, 2.24) is 10.2 Å². The number of carbonyl (C=O) groups excluding carboxylic acids is 1. The third kappa shape index (κ3) is 3.02. The third-order valence-electron chi connectivity index (χ3n) is 4.44. The van der Waals surface area contributed by atoms with Crippen molar-refractivity contribution in [3.63, 3.8) is 0 Å². The van der Waals surface area contributed by atoms with Crippen LogP contribution in [0.1, 0.15) is 46.0 Å². The van der Waals surface area contributed by atoms with Crippen molar-refractivity contribution in [1.29, 1.82) is 0 Å². The van der Waals surface area contributed by atoms with Crippen LogP contribution in [0.15, 0.2) is 0 Å². The van der Waals surface area contributed by atoms with Gasteiger partial charge in [-0.15, -0.1) is 0 Å². The Morgan fingerprint density at radius 2 is 2.11 bits per heavy atom. The van der Waals surface area contributed by atoms with Crippen LogP contribution in [0.25, 0.3) is 0 Å². The Morgan fingerprint density at radius 1 is 1.44 bits per heavy atom. The average Bonchev–Trinajstić information content (AvgIpc) is 2.97. The molecule has 18 heavy (non-hydrogen) atoms. The molecule has 1 aliphatic carbocycles. The van der Waals surface area contributed by atoms with E-state index >= 15 is 0 Å². The van der Waals surface area contributed by atoms with Crippen LogP contribution in [0.3, 0.4) is 0 Å². The molecule has 104 valence electrons. The van der Waals surface area contributed by atoms with Gasteiger partial charge in [0.2, 0.25) is 5.91 Å². The first kappa shape index (κ1) is 14.2. The van der Waals surface area contributed by atoms with Crippen molar-refractivity contribution >= 4 is 17.7 Å². The predicted molar refractivity (Wildman–Crippen MR) is 77.7 cm³/mol. The Morgan fingerprint density at radius 3 is 2.72 bits per heavy atom. The molecule has 2 fully saturated rings. The Balaban J connectivity index is 1.96. The quantitative estimate of drug-likeness (QED) is 0.833. The minimum Gasteiger partial charge on any atom is -0.325 e. The summed E-state index contributed by atoms with van der Waals surface area (Å²) in [4.78, 5) is 14.3. The summed E-state index contributed by atoms with van der Waals surface area (Å²) in [5.41, 5.74) is 0. The van der Waals surface area contributed by atoms with Crippen LogP contribution in [-0.2, 0) is 4.79 Å². The van der Waals surface area contributed by atoms with Crippen molar-refractivity contribution < 1.29 is 4.79 Å². The van der Waals surface area contributed by atoms with E-state index in [0.29, 0.717) is 23.2 Å². The molecule has 0 radical (unpaired) electrons. The van der Waals surface area contributed by atoms with Gasteiger partial charge in [0, 0.05) is 11.8 Å². The summed E-state index contributed by atoms with van der Waals surface area (Å²) in [6.07, 6.45) is 8.79. The first-order valence-corrected chi connectivity index (χ1v) is 8.51. The molecular weight excluding hydrogens is 244 g/mol. The van der Waals surface area contributed by atoms with Crippen molar-refractivity contribution in [3.8, 4) is 0 Å². The molecule has 1 saturated heterocycles. The Labute approximate surface area is 115 Å². The van der Waals surface area contributed by atoms with E-state index < -0.39 is 0 Å². The lowest BCUT2D eigenvalue weighted by Crippen LogP contribution is -2.43. The molecule has 1 saturated carbocycles. The van der Waals surface area contributed by atoms with Gasteiger partial charge in [-0.05, 0) is 38.4 Å². The molecule has 3 unspecified atom stereocenters. The van der Waals surface area contributed by atoms with Gasteiger partial charge in [0.05, 0.1) is 12.2 Å². The van der Waals surface area contributed by atoms with Crippen LogP contribution in [0.5, 0.6) is 0 Å². The number of rotatable bonds is 5. The van der Waals surface area contributed by atoms with Crippen molar-refractivity contribution in [2.75, 3.05) is 12.8 Å². The summed E-state index contributed by atoms with van der Waals surface area (Å²) in [6.45, 7) is 5.16. The van der Waals surface area contributed by atoms with Crippen LogP contribution in [0, 0.1) is 5.92 Å². The van der Waals surface area contributed by atoms with Gasteiger partial charge >= 0.3 is 0 Å². The van der Waals surface area contributed by atoms with Crippen LogP contribution in [-0.4, -0.2) is 41.1 Å². The smallest absolute Gasteiger partial charge is 0.240 e. The molecule has 2 aliphatic rings. The fourth-order valence-corrected chi connectivity index (χ4v) is 3.50. The second-order valence-corrected chi connectivity index (χ2v) is 7.02. The summed E-state index contributed by atoms with van der Waals surface area (Å²) in [6, 6.07) is 0.0141. The third-order valence-corrected chi connectivity index (χ3v) is 5.48. The summed E-state index contributed by atoms with van der Waals surface area (Å²) < 4.78 is 0. The Bertz CT molecular complexity index is 292. The number of hydrogen-bond donors (Lipinski definition) is 1. The average molecular weight is 270 g/mol. The highest BCUT2D eigenvalue weighted by Gasteiger charge is 2.40. The maximum absolute atomic E-state index is 12.2.